The Morgan fingerprint density at radius 1 is 1.30 bits per heavy atom. The lowest BCUT2D eigenvalue weighted by atomic mass is 10.3. The summed E-state index contributed by atoms with van der Waals surface area (Å²) in [5.74, 6) is 0. The first-order valence-electron chi connectivity index (χ1n) is 2.88. The summed E-state index contributed by atoms with van der Waals surface area (Å²) in [6.45, 7) is 4.13. The van der Waals surface area contributed by atoms with Gasteiger partial charge in [-0.1, -0.05) is 11.6 Å². The number of rotatable bonds is 3. The number of hydrogen-bond donors (Lipinski definition) is 0. The maximum atomic E-state index is 5.55. The third kappa shape index (κ3) is 5.27. The van der Waals surface area contributed by atoms with Crippen LogP contribution in [0.1, 0.15) is 13.8 Å². The van der Waals surface area contributed by atoms with Crippen molar-refractivity contribution >= 4 is 33.4 Å². The van der Waals surface area contributed by atoms with Gasteiger partial charge >= 0.3 is 0 Å². The fraction of sp³-hybridized carbons (Fsp3) is 0.429. The van der Waals surface area contributed by atoms with Gasteiger partial charge in [-0.15, -0.1) is 11.8 Å². The van der Waals surface area contributed by atoms with Gasteiger partial charge in [0.2, 0.25) is 0 Å². The van der Waals surface area contributed by atoms with Crippen molar-refractivity contribution < 1.29 is 0 Å². The van der Waals surface area contributed by atoms with Gasteiger partial charge in [0.05, 0.1) is 4.24 Å². The van der Waals surface area contributed by atoms with E-state index in [9.17, 15) is 0 Å². The molecular formula is C7H11ClS2. The lowest BCUT2D eigenvalue weighted by Gasteiger charge is -1.92. The molecule has 0 aliphatic rings. The van der Waals surface area contributed by atoms with Gasteiger partial charge in [-0.2, -0.15) is 0 Å². The first-order chi connectivity index (χ1) is 4.70. The van der Waals surface area contributed by atoms with Crippen molar-refractivity contribution in [3.8, 4) is 0 Å². The van der Waals surface area contributed by atoms with Gasteiger partial charge in [-0.3, -0.25) is 0 Å². The fourth-order valence-electron chi connectivity index (χ4n) is 0.360. The zero-order valence-corrected chi connectivity index (χ0v) is 8.74. The third-order valence-electron chi connectivity index (χ3n) is 0.830. The highest BCUT2D eigenvalue weighted by Gasteiger charge is 1.88. The van der Waals surface area contributed by atoms with Crippen molar-refractivity contribution in [2.24, 2.45) is 0 Å². The minimum absolute atomic E-state index is 1.13. The van der Waals surface area contributed by atoms with Crippen LogP contribution < -0.4 is 0 Å². The summed E-state index contributed by atoms with van der Waals surface area (Å²) < 4.78 is 1.13. The predicted molar refractivity (Wildman–Crippen MR) is 54.5 cm³/mol. The quantitative estimate of drug-likeness (QED) is 0.622. The molecule has 0 saturated carbocycles. The van der Waals surface area contributed by atoms with Gasteiger partial charge in [-0.25, -0.2) is 0 Å². The minimum Gasteiger partial charge on any atom is -0.122 e. The second-order valence-electron chi connectivity index (χ2n) is 2.01. The second kappa shape index (κ2) is 6.20. The molecule has 0 heterocycles. The predicted octanol–water partition coefficient (Wildman–Crippen LogP) is 4.04. The Morgan fingerprint density at radius 2 is 1.90 bits per heavy atom. The van der Waals surface area contributed by atoms with Crippen molar-refractivity contribution in [3.63, 3.8) is 0 Å². The first-order valence-corrected chi connectivity index (χ1v) is 5.75. The van der Waals surface area contributed by atoms with E-state index in [-0.39, 0.29) is 0 Å². The van der Waals surface area contributed by atoms with Gasteiger partial charge in [-0.05, 0) is 47.8 Å². The summed E-state index contributed by atoms with van der Waals surface area (Å²) in [6, 6.07) is 0. The van der Waals surface area contributed by atoms with Crippen LogP contribution in [0.4, 0.5) is 0 Å². The molecule has 0 bridgehead atoms. The molecule has 3 heteroatoms. The Labute approximate surface area is 75.6 Å². The highest BCUT2D eigenvalue weighted by molar-refractivity contribution is 8.34. The van der Waals surface area contributed by atoms with Crippen molar-refractivity contribution in [2.75, 3.05) is 6.26 Å². The number of halogens is 1. The molecule has 0 aromatic rings. The van der Waals surface area contributed by atoms with Gasteiger partial charge in [0, 0.05) is 0 Å². The van der Waals surface area contributed by atoms with Crippen LogP contribution in [0.25, 0.3) is 0 Å². The topological polar surface area (TPSA) is 0 Å². The smallest absolute Gasteiger partial charge is 0.0558 e. The van der Waals surface area contributed by atoms with Crippen LogP contribution in [-0.2, 0) is 0 Å². The molecule has 0 aliphatic heterocycles. The summed E-state index contributed by atoms with van der Waals surface area (Å²) in [6.07, 6.45) is 6.10. The van der Waals surface area contributed by atoms with Crippen LogP contribution in [0.3, 0.4) is 0 Å². The average molecular weight is 195 g/mol. The van der Waals surface area contributed by atoms with Crippen LogP contribution >= 0.6 is 33.4 Å². The monoisotopic (exact) mass is 194 g/mol. The zero-order valence-electron chi connectivity index (χ0n) is 6.35. The van der Waals surface area contributed by atoms with E-state index in [2.05, 4.69) is 19.9 Å². The van der Waals surface area contributed by atoms with Gasteiger partial charge in [0.15, 0.2) is 0 Å². The van der Waals surface area contributed by atoms with E-state index < -0.39 is 0 Å². The Hall–Kier alpha value is 0.470. The Bertz CT molecular complexity index is 140. The van der Waals surface area contributed by atoms with Gasteiger partial charge in [0.1, 0.15) is 0 Å². The maximum Gasteiger partial charge on any atom is 0.0558 e. The Balaban J connectivity index is 3.99. The van der Waals surface area contributed by atoms with E-state index in [0.717, 1.165) is 4.24 Å². The summed E-state index contributed by atoms with van der Waals surface area (Å²) >= 11 is 1.66. The first kappa shape index (κ1) is 10.5. The lowest BCUT2D eigenvalue weighted by Crippen LogP contribution is -1.63. The molecule has 0 rings (SSSR count). The van der Waals surface area contributed by atoms with Gasteiger partial charge < -0.3 is 0 Å². The normalized spacial score (nSPS) is 11.4. The van der Waals surface area contributed by atoms with E-state index in [1.165, 1.54) is 16.5 Å². The molecule has 0 aromatic carbocycles. The molecular weight excluding hydrogens is 184 g/mol. The molecule has 0 atom stereocenters. The van der Waals surface area contributed by atoms with Crippen LogP contribution in [0.2, 0.25) is 0 Å². The van der Waals surface area contributed by atoms with Crippen LogP contribution in [0.15, 0.2) is 22.0 Å². The van der Waals surface area contributed by atoms with E-state index in [1.54, 1.807) is 11.8 Å². The number of thioether (sulfide) groups is 1. The molecule has 0 amide bonds. The van der Waals surface area contributed by atoms with Crippen molar-refractivity contribution in [3.05, 3.63) is 22.0 Å². The molecule has 0 spiro atoms. The average Bonchev–Trinajstić information content (AvgIpc) is 1.90. The maximum absolute atomic E-state index is 5.55. The van der Waals surface area contributed by atoms with Crippen LogP contribution in [0, 0.1) is 0 Å². The van der Waals surface area contributed by atoms with Crippen molar-refractivity contribution in [2.45, 2.75) is 13.8 Å². The zero-order chi connectivity index (χ0) is 7.98. The Morgan fingerprint density at radius 3 is 2.20 bits per heavy atom. The highest BCUT2D eigenvalue weighted by atomic mass is 35.7. The van der Waals surface area contributed by atoms with E-state index in [0.29, 0.717) is 0 Å². The number of hydrogen-bond acceptors (Lipinski definition) is 2. The van der Waals surface area contributed by atoms with E-state index in [4.69, 9.17) is 10.7 Å². The third-order valence-corrected chi connectivity index (χ3v) is 3.18. The SMILES string of the molecule is CS/C(=C\C=C(C)C)SCl. The largest absolute Gasteiger partial charge is 0.122 e. The molecule has 0 saturated heterocycles. The molecule has 0 N–H and O–H groups in total. The molecule has 0 aromatic heterocycles. The molecule has 0 unspecified atom stereocenters. The lowest BCUT2D eigenvalue weighted by molar-refractivity contribution is 1.39. The summed E-state index contributed by atoms with van der Waals surface area (Å²) in [5.41, 5.74) is 1.29. The molecule has 0 radical (unpaired) electrons. The number of allylic oxidation sites excluding steroid dienone is 3. The van der Waals surface area contributed by atoms with E-state index >= 15 is 0 Å². The Kier molecular flexibility index (Phi) is 6.49. The molecule has 0 fully saturated rings. The second-order valence-corrected chi connectivity index (χ2v) is 4.17. The van der Waals surface area contributed by atoms with Crippen molar-refractivity contribution in [1.82, 2.24) is 0 Å². The van der Waals surface area contributed by atoms with Crippen LogP contribution in [-0.4, -0.2) is 6.26 Å². The molecule has 0 nitrogen and oxygen atoms in total. The van der Waals surface area contributed by atoms with E-state index in [1.807, 2.05) is 12.3 Å². The van der Waals surface area contributed by atoms with Gasteiger partial charge in [0.25, 0.3) is 0 Å². The minimum atomic E-state index is 1.13. The molecule has 10 heavy (non-hydrogen) atoms. The van der Waals surface area contributed by atoms with Crippen LogP contribution in [0.5, 0.6) is 0 Å². The molecule has 0 aliphatic carbocycles. The molecule has 58 valence electrons. The fourth-order valence-corrected chi connectivity index (χ4v) is 1.66. The highest BCUT2D eigenvalue weighted by Crippen LogP contribution is 2.29. The summed E-state index contributed by atoms with van der Waals surface area (Å²) in [7, 11) is 6.81. The standard InChI is InChI=1S/C7H11ClS2/c1-6(2)4-5-7(9-3)10-8/h4-5H,1-3H3/b7-5+. The summed E-state index contributed by atoms with van der Waals surface area (Å²) in [4.78, 5) is 0. The summed E-state index contributed by atoms with van der Waals surface area (Å²) in [5, 5.41) is 0. The van der Waals surface area contributed by atoms with Crippen molar-refractivity contribution in [1.29, 1.82) is 0 Å².